The van der Waals surface area contributed by atoms with E-state index in [9.17, 15) is 4.79 Å². The molecule has 2 amide bonds. The molecule has 2 aromatic heterocycles. The summed E-state index contributed by atoms with van der Waals surface area (Å²) < 4.78 is 1.84. The van der Waals surface area contributed by atoms with E-state index in [1.807, 2.05) is 38.0 Å². The van der Waals surface area contributed by atoms with Gasteiger partial charge in [0, 0.05) is 56.5 Å². The Kier molecular flexibility index (Phi) is 5.56. The molecule has 0 saturated carbocycles. The molecule has 0 radical (unpaired) electrons. The molecule has 1 fully saturated rings. The van der Waals surface area contributed by atoms with Crippen molar-refractivity contribution in [3.05, 3.63) is 42.0 Å². The van der Waals surface area contributed by atoms with Gasteiger partial charge in [-0.3, -0.25) is 14.6 Å². The summed E-state index contributed by atoms with van der Waals surface area (Å²) in [6.45, 7) is 3.72. The molecule has 1 aliphatic rings. The number of hydrogen-bond acceptors (Lipinski definition) is 4. The zero-order chi connectivity index (χ0) is 18.7. The minimum absolute atomic E-state index is 0.0857. The third kappa shape index (κ3) is 4.04. The van der Waals surface area contributed by atoms with E-state index in [-0.39, 0.29) is 12.1 Å². The maximum absolute atomic E-state index is 12.6. The lowest BCUT2D eigenvalue weighted by atomic mass is 9.86. The molecule has 3 rings (SSSR count). The fourth-order valence-corrected chi connectivity index (χ4v) is 3.83. The number of rotatable bonds is 4. The van der Waals surface area contributed by atoms with Crippen molar-refractivity contribution in [2.45, 2.75) is 25.8 Å². The van der Waals surface area contributed by atoms with Crippen LogP contribution in [0.15, 0.2) is 30.9 Å². The summed E-state index contributed by atoms with van der Waals surface area (Å²) in [4.78, 5) is 20.9. The Labute approximate surface area is 155 Å². The van der Waals surface area contributed by atoms with E-state index in [0.717, 1.165) is 30.6 Å². The number of anilines is 1. The summed E-state index contributed by atoms with van der Waals surface area (Å²) >= 11 is 0. The molecule has 0 aromatic carbocycles. The van der Waals surface area contributed by atoms with Crippen molar-refractivity contribution < 1.29 is 4.79 Å². The van der Waals surface area contributed by atoms with Gasteiger partial charge in [-0.1, -0.05) is 0 Å². The topological polar surface area (TPSA) is 66.3 Å². The van der Waals surface area contributed by atoms with Gasteiger partial charge in [0.1, 0.15) is 0 Å². The molecule has 0 spiro atoms. The van der Waals surface area contributed by atoms with Gasteiger partial charge in [0.25, 0.3) is 0 Å². The van der Waals surface area contributed by atoms with Crippen molar-refractivity contribution in [3.8, 4) is 0 Å². The molecule has 0 aliphatic carbocycles. The van der Waals surface area contributed by atoms with E-state index in [1.165, 1.54) is 5.56 Å². The first-order valence-electron chi connectivity index (χ1n) is 9.07. The SMILES string of the molecule is Cc1cnccc1NC(=O)N(C)C[C@@H]1CCCN(C)[C@H]1c1cnn(C)c1. The number of nitrogens with zero attached hydrogens (tertiary/aromatic N) is 5. The number of likely N-dealkylation sites (tertiary alicyclic amines) is 1. The molecule has 3 heterocycles. The van der Waals surface area contributed by atoms with Gasteiger partial charge in [-0.15, -0.1) is 0 Å². The molecular weight excluding hydrogens is 328 g/mol. The summed E-state index contributed by atoms with van der Waals surface area (Å²) in [6, 6.07) is 2.03. The molecule has 7 nitrogen and oxygen atoms in total. The highest BCUT2D eigenvalue weighted by Crippen LogP contribution is 2.35. The predicted octanol–water partition coefficient (Wildman–Crippen LogP) is 2.67. The zero-order valence-electron chi connectivity index (χ0n) is 16.0. The Morgan fingerprint density at radius 3 is 2.88 bits per heavy atom. The second kappa shape index (κ2) is 7.86. The highest BCUT2D eigenvalue weighted by atomic mass is 16.2. The van der Waals surface area contributed by atoms with Crippen LogP contribution >= 0.6 is 0 Å². The molecule has 140 valence electrons. The van der Waals surface area contributed by atoms with Crippen LogP contribution in [0.25, 0.3) is 0 Å². The first-order valence-corrected chi connectivity index (χ1v) is 9.07. The summed E-state index contributed by atoms with van der Waals surface area (Å²) in [5, 5.41) is 7.32. The number of aromatic nitrogens is 3. The van der Waals surface area contributed by atoms with Crippen LogP contribution in [-0.2, 0) is 7.05 Å². The van der Waals surface area contributed by atoms with Crippen molar-refractivity contribution in [2.24, 2.45) is 13.0 Å². The normalized spacial score (nSPS) is 20.8. The fraction of sp³-hybridized carbons (Fsp3) is 0.526. The van der Waals surface area contributed by atoms with Gasteiger partial charge in [0.15, 0.2) is 0 Å². The molecule has 1 saturated heterocycles. The van der Waals surface area contributed by atoms with Gasteiger partial charge in [-0.05, 0) is 50.9 Å². The van der Waals surface area contributed by atoms with Crippen molar-refractivity contribution in [2.75, 3.05) is 32.5 Å². The summed E-state index contributed by atoms with van der Waals surface area (Å²) in [5.41, 5.74) is 2.99. The fourth-order valence-electron chi connectivity index (χ4n) is 3.83. The van der Waals surface area contributed by atoms with Crippen LogP contribution in [0.4, 0.5) is 10.5 Å². The minimum Gasteiger partial charge on any atom is -0.327 e. The van der Waals surface area contributed by atoms with E-state index in [4.69, 9.17) is 0 Å². The first-order chi connectivity index (χ1) is 12.5. The highest BCUT2D eigenvalue weighted by Gasteiger charge is 2.32. The molecule has 1 aliphatic heterocycles. The van der Waals surface area contributed by atoms with Crippen LogP contribution in [0, 0.1) is 12.8 Å². The van der Waals surface area contributed by atoms with Gasteiger partial charge in [-0.2, -0.15) is 5.10 Å². The molecule has 1 N–H and O–H groups in total. The van der Waals surface area contributed by atoms with Crippen LogP contribution in [-0.4, -0.2) is 57.8 Å². The number of pyridine rings is 1. The Balaban J connectivity index is 1.69. The maximum Gasteiger partial charge on any atom is 0.321 e. The number of aryl methyl sites for hydroxylation is 2. The van der Waals surface area contributed by atoms with E-state index in [1.54, 1.807) is 17.3 Å². The highest BCUT2D eigenvalue weighted by molar-refractivity contribution is 5.89. The number of piperidine rings is 1. The van der Waals surface area contributed by atoms with Gasteiger partial charge < -0.3 is 10.2 Å². The lowest BCUT2D eigenvalue weighted by Gasteiger charge is -2.40. The van der Waals surface area contributed by atoms with E-state index in [0.29, 0.717) is 12.5 Å². The quantitative estimate of drug-likeness (QED) is 0.915. The third-order valence-corrected chi connectivity index (χ3v) is 5.19. The van der Waals surface area contributed by atoms with E-state index < -0.39 is 0 Å². The zero-order valence-corrected chi connectivity index (χ0v) is 16.0. The predicted molar refractivity (Wildman–Crippen MR) is 102 cm³/mol. The van der Waals surface area contributed by atoms with Crippen LogP contribution in [0.5, 0.6) is 0 Å². The average molecular weight is 356 g/mol. The Hall–Kier alpha value is -2.41. The van der Waals surface area contributed by atoms with E-state index >= 15 is 0 Å². The Bertz CT molecular complexity index is 758. The maximum atomic E-state index is 12.6. The first kappa shape index (κ1) is 18.4. The minimum atomic E-state index is -0.0857. The average Bonchev–Trinajstić information content (AvgIpc) is 3.03. The number of hydrogen-bond donors (Lipinski definition) is 1. The molecule has 0 unspecified atom stereocenters. The second-order valence-corrected chi connectivity index (χ2v) is 7.28. The summed E-state index contributed by atoms with van der Waals surface area (Å²) in [6.07, 6.45) is 9.73. The van der Waals surface area contributed by atoms with Crippen LogP contribution in [0.2, 0.25) is 0 Å². The smallest absolute Gasteiger partial charge is 0.321 e. The molecule has 2 atom stereocenters. The van der Waals surface area contributed by atoms with Crippen molar-refractivity contribution >= 4 is 11.7 Å². The number of amides is 2. The van der Waals surface area contributed by atoms with Gasteiger partial charge in [0.2, 0.25) is 0 Å². The lowest BCUT2D eigenvalue weighted by molar-refractivity contribution is 0.101. The van der Waals surface area contributed by atoms with Crippen LogP contribution in [0.1, 0.15) is 30.0 Å². The van der Waals surface area contributed by atoms with Gasteiger partial charge >= 0.3 is 6.03 Å². The van der Waals surface area contributed by atoms with Crippen LogP contribution < -0.4 is 5.32 Å². The number of nitrogens with one attached hydrogen (secondary N) is 1. The van der Waals surface area contributed by atoms with Crippen molar-refractivity contribution in [1.82, 2.24) is 24.6 Å². The van der Waals surface area contributed by atoms with Crippen molar-refractivity contribution in [1.29, 1.82) is 0 Å². The molecular formula is C19H28N6O. The number of carbonyl (C=O) groups excluding carboxylic acids is 1. The number of carbonyl (C=O) groups is 1. The number of urea groups is 1. The molecule has 7 heteroatoms. The monoisotopic (exact) mass is 356 g/mol. The van der Waals surface area contributed by atoms with Gasteiger partial charge in [0.05, 0.1) is 6.20 Å². The standard InChI is InChI=1S/C19H28N6O/c1-14-10-20-8-7-17(14)22-19(26)24(3)12-15-6-5-9-23(2)18(15)16-11-21-25(4)13-16/h7-8,10-11,13,15,18H,5-6,9,12H2,1-4H3,(H,20,22,26)/t15-,18+/m0/s1. The molecule has 26 heavy (non-hydrogen) atoms. The Morgan fingerprint density at radius 2 is 2.19 bits per heavy atom. The Morgan fingerprint density at radius 1 is 1.38 bits per heavy atom. The second-order valence-electron chi connectivity index (χ2n) is 7.28. The summed E-state index contributed by atoms with van der Waals surface area (Å²) in [5.74, 6) is 0.382. The van der Waals surface area contributed by atoms with Crippen LogP contribution in [0.3, 0.4) is 0 Å². The van der Waals surface area contributed by atoms with E-state index in [2.05, 4.69) is 33.5 Å². The van der Waals surface area contributed by atoms with Crippen molar-refractivity contribution in [3.63, 3.8) is 0 Å². The molecule has 0 bridgehead atoms. The largest absolute Gasteiger partial charge is 0.327 e. The molecule has 2 aromatic rings. The summed E-state index contributed by atoms with van der Waals surface area (Å²) in [7, 11) is 5.96. The third-order valence-electron chi connectivity index (χ3n) is 5.19. The lowest BCUT2D eigenvalue weighted by Crippen LogP contribution is -2.43. The van der Waals surface area contributed by atoms with Gasteiger partial charge in [-0.25, -0.2) is 4.79 Å².